The first kappa shape index (κ1) is 31.7. The van der Waals surface area contributed by atoms with E-state index >= 15 is 0 Å². The number of hydrogen-bond acceptors (Lipinski definition) is 10. The van der Waals surface area contributed by atoms with E-state index in [9.17, 15) is 27.9 Å². The lowest BCUT2D eigenvalue weighted by atomic mass is 9.52. The van der Waals surface area contributed by atoms with Crippen LogP contribution in [-0.4, -0.2) is 66.7 Å². The number of carbonyl (C=O) groups is 3. The number of ether oxygens (including phenoxy) is 3. The van der Waals surface area contributed by atoms with Crippen molar-refractivity contribution in [2.45, 2.75) is 134 Å². The molecule has 0 radical (unpaired) electrons. The highest BCUT2D eigenvalue weighted by Gasteiger charge is 2.65. The van der Waals surface area contributed by atoms with Gasteiger partial charge in [0.2, 0.25) is 0 Å². The second-order valence-electron chi connectivity index (χ2n) is 15.3. The molecule has 0 aromatic carbocycles. The maximum absolute atomic E-state index is 12.4. The van der Waals surface area contributed by atoms with Gasteiger partial charge in [-0.15, -0.1) is 0 Å². The van der Waals surface area contributed by atoms with Gasteiger partial charge in [0.15, 0.2) is 6.61 Å². The Morgan fingerprint density at radius 1 is 0.905 bits per heavy atom. The van der Waals surface area contributed by atoms with Gasteiger partial charge in [-0.05, 0) is 97.3 Å². The molecule has 238 valence electrons. The molecule has 0 amide bonds. The van der Waals surface area contributed by atoms with Crippen molar-refractivity contribution in [3.05, 3.63) is 0 Å². The lowest BCUT2D eigenvalue weighted by Crippen LogP contribution is -2.61. The average molecular weight is 613 g/mol. The van der Waals surface area contributed by atoms with E-state index in [0.29, 0.717) is 37.5 Å². The van der Waals surface area contributed by atoms with Crippen molar-refractivity contribution in [2.24, 2.45) is 34.5 Å². The van der Waals surface area contributed by atoms with Gasteiger partial charge < -0.3 is 19.3 Å². The van der Waals surface area contributed by atoms with Crippen LogP contribution in [0.3, 0.4) is 0 Å². The molecule has 7 unspecified atom stereocenters. The van der Waals surface area contributed by atoms with Crippen LogP contribution in [0.15, 0.2) is 0 Å². The van der Waals surface area contributed by atoms with Crippen LogP contribution in [0.5, 0.6) is 0 Å². The topological polar surface area (TPSA) is 142 Å². The summed E-state index contributed by atoms with van der Waals surface area (Å²) < 4.78 is 45.1. The van der Waals surface area contributed by atoms with Crippen LogP contribution in [0.25, 0.3) is 0 Å². The molecule has 1 heterocycles. The molecule has 11 heteroatoms. The molecule has 1 aliphatic heterocycles. The molecule has 1 saturated heterocycles. The smallest absolute Gasteiger partial charge is 0.344 e. The van der Waals surface area contributed by atoms with Crippen LogP contribution >= 0.6 is 0 Å². The van der Waals surface area contributed by atoms with E-state index in [1.807, 2.05) is 27.7 Å². The largest absolute Gasteiger partial charge is 0.459 e. The van der Waals surface area contributed by atoms with Gasteiger partial charge in [0.1, 0.15) is 17.8 Å². The summed E-state index contributed by atoms with van der Waals surface area (Å²) in [6.45, 7) is 10.8. The van der Waals surface area contributed by atoms with Crippen LogP contribution in [-0.2, 0) is 42.9 Å². The molecule has 7 rings (SSSR count). The zero-order chi connectivity index (χ0) is 30.9. The highest BCUT2D eigenvalue weighted by Crippen LogP contribution is 2.59. The number of aliphatic hydroxyl groups is 1. The fourth-order valence-corrected chi connectivity index (χ4v) is 10.3. The number of rotatable bonds is 8. The summed E-state index contributed by atoms with van der Waals surface area (Å²) in [5.41, 5.74) is -1.97. The van der Waals surface area contributed by atoms with E-state index < -0.39 is 62.6 Å². The molecule has 6 bridgehead atoms. The first-order valence-corrected chi connectivity index (χ1v) is 17.1. The van der Waals surface area contributed by atoms with Gasteiger partial charge in [-0.2, -0.15) is 8.42 Å². The van der Waals surface area contributed by atoms with Gasteiger partial charge in [0, 0.05) is 18.3 Å². The second kappa shape index (κ2) is 10.7. The third-order valence-electron chi connectivity index (χ3n) is 11.2. The number of fused-ring (bicyclic) bond motifs is 1. The third-order valence-corrected chi connectivity index (χ3v) is 12.9. The van der Waals surface area contributed by atoms with Crippen molar-refractivity contribution < 1.29 is 46.3 Å². The molecule has 6 aliphatic carbocycles. The minimum Gasteiger partial charge on any atom is -0.459 e. The fourth-order valence-electron chi connectivity index (χ4n) is 8.42. The van der Waals surface area contributed by atoms with Crippen molar-refractivity contribution in [3.63, 3.8) is 0 Å². The zero-order valence-electron chi connectivity index (χ0n) is 25.8. The van der Waals surface area contributed by atoms with E-state index in [2.05, 4.69) is 0 Å². The molecular weight excluding hydrogens is 564 g/mol. The third kappa shape index (κ3) is 5.86. The monoisotopic (exact) mass is 612 g/mol. The minimum atomic E-state index is -3.53. The lowest BCUT2D eigenvalue weighted by molar-refractivity contribution is -0.225. The fraction of sp³-hybridized carbons (Fsp3) is 0.903. The first-order valence-electron chi connectivity index (χ1n) is 15.7. The number of hydrogen-bond donors (Lipinski definition) is 1. The molecule has 1 N–H and O–H groups in total. The van der Waals surface area contributed by atoms with Gasteiger partial charge in [0.25, 0.3) is 10.1 Å². The zero-order valence-corrected chi connectivity index (χ0v) is 26.7. The quantitative estimate of drug-likeness (QED) is 0.242. The number of esters is 3. The molecule has 0 aromatic rings. The van der Waals surface area contributed by atoms with Gasteiger partial charge in [-0.25, -0.2) is 4.79 Å². The Balaban J connectivity index is 0.000000171. The molecule has 7 aliphatic rings. The molecule has 0 aromatic heterocycles. The standard InChI is InChI=1S/C16H26O3.C15H22O7S/c1-4-14(2,3)13(17)19-16-8-11-5-12(9-16)7-15(18,6-11)10-16;1-4-15(2,3)14(17)20-7-11(16)21-12-8-5-9-10(6-8)23(18,19)22-13(9)12/h11-12,18H,4-10H2,1-3H3;8-10,12-13H,4-7H2,1-3H3. The summed E-state index contributed by atoms with van der Waals surface area (Å²) in [7, 11) is -3.53. The highest BCUT2D eigenvalue weighted by molar-refractivity contribution is 7.87. The Morgan fingerprint density at radius 3 is 2.07 bits per heavy atom. The Morgan fingerprint density at radius 2 is 1.50 bits per heavy atom. The van der Waals surface area contributed by atoms with Gasteiger partial charge in [0.05, 0.1) is 21.7 Å². The Hall–Kier alpha value is -1.72. The van der Waals surface area contributed by atoms with Crippen LogP contribution in [0.4, 0.5) is 0 Å². The maximum atomic E-state index is 12.4. The van der Waals surface area contributed by atoms with Crippen molar-refractivity contribution in [1.29, 1.82) is 0 Å². The predicted octanol–water partition coefficient (Wildman–Crippen LogP) is 4.06. The Bertz CT molecular complexity index is 1190. The lowest BCUT2D eigenvalue weighted by Gasteiger charge is -2.59. The Kier molecular flexibility index (Phi) is 8.09. The normalized spacial score (nSPS) is 40.3. The van der Waals surface area contributed by atoms with E-state index in [-0.39, 0.29) is 23.4 Å². The van der Waals surface area contributed by atoms with E-state index in [1.165, 1.54) is 6.42 Å². The summed E-state index contributed by atoms with van der Waals surface area (Å²) in [6, 6.07) is 0. The van der Waals surface area contributed by atoms with E-state index in [4.69, 9.17) is 18.4 Å². The maximum Gasteiger partial charge on any atom is 0.344 e. The van der Waals surface area contributed by atoms with Crippen molar-refractivity contribution in [3.8, 4) is 0 Å². The van der Waals surface area contributed by atoms with Crippen LogP contribution in [0.2, 0.25) is 0 Å². The minimum absolute atomic E-state index is 0.0130. The molecular formula is C31H48O10S. The molecule has 7 fully saturated rings. The molecule has 0 spiro atoms. The van der Waals surface area contributed by atoms with Crippen LogP contribution in [0.1, 0.15) is 106 Å². The van der Waals surface area contributed by atoms with Crippen molar-refractivity contribution in [2.75, 3.05) is 6.61 Å². The predicted molar refractivity (Wildman–Crippen MR) is 151 cm³/mol. The summed E-state index contributed by atoms with van der Waals surface area (Å²) >= 11 is 0. The van der Waals surface area contributed by atoms with Gasteiger partial charge in [-0.1, -0.05) is 13.8 Å². The Labute approximate surface area is 249 Å². The van der Waals surface area contributed by atoms with Gasteiger partial charge in [-0.3, -0.25) is 13.8 Å². The first-order chi connectivity index (χ1) is 19.4. The molecule has 10 nitrogen and oxygen atoms in total. The van der Waals surface area contributed by atoms with E-state index in [1.54, 1.807) is 13.8 Å². The van der Waals surface area contributed by atoms with Crippen LogP contribution < -0.4 is 0 Å². The number of carbonyl (C=O) groups excluding carboxylic acids is 3. The summed E-state index contributed by atoms with van der Waals surface area (Å²) in [6.07, 6.45) is 7.10. The van der Waals surface area contributed by atoms with Gasteiger partial charge >= 0.3 is 17.9 Å². The van der Waals surface area contributed by atoms with Crippen molar-refractivity contribution >= 4 is 28.0 Å². The molecule has 7 atom stereocenters. The van der Waals surface area contributed by atoms with Crippen molar-refractivity contribution in [1.82, 2.24) is 0 Å². The summed E-state index contributed by atoms with van der Waals surface area (Å²) in [5, 5.41) is 10.2. The molecule has 42 heavy (non-hydrogen) atoms. The average Bonchev–Trinajstić information content (AvgIpc) is 3.50. The van der Waals surface area contributed by atoms with E-state index in [0.717, 1.165) is 32.1 Å². The summed E-state index contributed by atoms with van der Waals surface area (Å²) in [4.78, 5) is 36.2. The summed E-state index contributed by atoms with van der Waals surface area (Å²) in [5.74, 6) is -0.145. The second-order valence-corrected chi connectivity index (χ2v) is 17.0. The SMILES string of the molecule is CCC(C)(C)C(=O)OC12CC3CC(CC(O)(C3)C1)C2.CCC(C)(C)C(=O)OCC(=O)OC1C2CC3C1OS(=O)(=O)C3C2. The highest BCUT2D eigenvalue weighted by atomic mass is 32.2. The molecule has 6 saturated carbocycles. The van der Waals surface area contributed by atoms with Crippen LogP contribution in [0, 0.1) is 34.5 Å².